The van der Waals surface area contributed by atoms with Crippen LogP contribution in [0.1, 0.15) is 60.8 Å². The lowest BCUT2D eigenvalue weighted by Crippen LogP contribution is -2.27. The molecule has 0 aliphatic carbocycles. The number of rotatable bonds is 10. The molecule has 0 fully saturated rings. The van der Waals surface area contributed by atoms with E-state index in [4.69, 9.17) is 10.5 Å². The number of carboxylic acid groups (broad SMARTS) is 1. The van der Waals surface area contributed by atoms with Crippen LogP contribution in [0.2, 0.25) is 0 Å². The number of hydrogen-bond donors (Lipinski definition) is 3. The first-order chi connectivity index (χ1) is 17.7. The fourth-order valence-corrected chi connectivity index (χ4v) is 5.46. The highest BCUT2D eigenvalue weighted by Crippen LogP contribution is 2.37. The molecule has 0 saturated carbocycles. The Labute approximate surface area is 224 Å². The number of carbonyl (C=O) groups is 1. The van der Waals surface area contributed by atoms with Gasteiger partial charge in [-0.3, -0.25) is 0 Å². The summed E-state index contributed by atoms with van der Waals surface area (Å²) < 4.78 is 34.6. The van der Waals surface area contributed by atoms with Gasteiger partial charge in [0.2, 0.25) is 5.95 Å². The van der Waals surface area contributed by atoms with Crippen molar-refractivity contribution >= 4 is 21.9 Å². The van der Waals surface area contributed by atoms with E-state index in [-0.39, 0.29) is 27.9 Å². The fraction of sp³-hybridized carbons (Fsp3) is 0.393. The van der Waals surface area contributed by atoms with Crippen LogP contribution in [0.15, 0.2) is 47.4 Å². The van der Waals surface area contributed by atoms with E-state index in [1.807, 2.05) is 32.0 Å². The van der Waals surface area contributed by atoms with Crippen LogP contribution < -0.4 is 15.2 Å². The number of nitrogens with two attached hydrogens (primary N) is 1. The molecule has 0 amide bonds. The number of ether oxygens (including phenoxy) is 1. The minimum absolute atomic E-state index is 0.0594. The first kappa shape index (κ1) is 29.1. The maximum atomic E-state index is 13.2. The van der Waals surface area contributed by atoms with Gasteiger partial charge in [0.25, 0.3) is 10.0 Å². The van der Waals surface area contributed by atoms with E-state index < -0.39 is 16.0 Å². The highest BCUT2D eigenvalue weighted by molar-refractivity contribution is 7.92. The predicted octanol–water partition coefficient (Wildman–Crippen LogP) is 4.96. The molecule has 204 valence electrons. The third-order valence-corrected chi connectivity index (χ3v) is 7.43. The second-order valence-electron chi connectivity index (χ2n) is 10.6. The number of carboxylic acids is 1. The number of methoxy groups -OCH3 is 1. The zero-order chi connectivity index (χ0) is 28.3. The van der Waals surface area contributed by atoms with Crippen molar-refractivity contribution in [3.8, 4) is 17.0 Å². The lowest BCUT2D eigenvalue weighted by Gasteiger charge is -2.23. The Morgan fingerprint density at radius 3 is 2.32 bits per heavy atom. The molecule has 4 N–H and O–H groups in total. The third-order valence-electron chi connectivity index (χ3n) is 6.10. The highest BCUT2D eigenvalue weighted by Gasteiger charge is 2.24. The summed E-state index contributed by atoms with van der Waals surface area (Å²) in [6.07, 6.45) is 1.87. The molecule has 10 heteroatoms. The summed E-state index contributed by atoms with van der Waals surface area (Å²) in [5, 5.41) is 9.28. The largest absolute Gasteiger partial charge is 0.493 e. The molecule has 0 aliphatic heterocycles. The number of hydrogen-bond acceptors (Lipinski definition) is 7. The van der Waals surface area contributed by atoms with Crippen molar-refractivity contribution in [2.45, 2.75) is 64.8 Å². The standard InChI is InChI=1S/C28H36N4O5S/c1-17-9-7-10-18(2)23(17)24-25(37-6)22(14-13-20(29)16-28(3,4)5)30-27(31-24)32-38(35,36)21-12-8-11-19(15-21)26(33)34/h7-12,15,20H,13-14,16,29H2,1-6H3,(H,33,34)(H,30,31,32). The van der Waals surface area contributed by atoms with Gasteiger partial charge in [0.1, 0.15) is 5.69 Å². The maximum absolute atomic E-state index is 13.2. The zero-order valence-corrected chi connectivity index (χ0v) is 23.5. The zero-order valence-electron chi connectivity index (χ0n) is 22.7. The second-order valence-corrected chi connectivity index (χ2v) is 12.3. The Bertz CT molecular complexity index is 1410. The minimum Gasteiger partial charge on any atom is -0.493 e. The van der Waals surface area contributed by atoms with Gasteiger partial charge in [-0.1, -0.05) is 45.0 Å². The number of aromatic nitrogens is 2. The van der Waals surface area contributed by atoms with Gasteiger partial charge in [-0.05, 0) is 67.9 Å². The molecule has 9 nitrogen and oxygen atoms in total. The fourth-order valence-electron chi connectivity index (χ4n) is 4.47. The average molecular weight is 541 g/mol. The van der Waals surface area contributed by atoms with Crippen molar-refractivity contribution in [1.82, 2.24) is 9.97 Å². The average Bonchev–Trinajstić information content (AvgIpc) is 2.81. The topological polar surface area (TPSA) is 144 Å². The van der Waals surface area contributed by atoms with Gasteiger partial charge in [0, 0.05) is 11.6 Å². The van der Waals surface area contributed by atoms with Crippen molar-refractivity contribution in [1.29, 1.82) is 0 Å². The molecule has 1 atom stereocenters. The third kappa shape index (κ3) is 7.08. The normalized spacial score (nSPS) is 12.7. The van der Waals surface area contributed by atoms with E-state index in [2.05, 4.69) is 35.5 Å². The Morgan fingerprint density at radius 1 is 1.11 bits per heavy atom. The molecule has 0 radical (unpaired) electrons. The van der Waals surface area contributed by atoms with Crippen LogP contribution >= 0.6 is 0 Å². The molecule has 2 aromatic carbocycles. The molecule has 0 spiro atoms. The molecule has 0 saturated heterocycles. The van der Waals surface area contributed by atoms with Crippen LogP contribution in [0, 0.1) is 19.3 Å². The molecule has 38 heavy (non-hydrogen) atoms. The van der Waals surface area contributed by atoms with E-state index in [1.165, 1.54) is 25.3 Å². The Morgan fingerprint density at radius 2 is 1.74 bits per heavy atom. The number of benzene rings is 2. The van der Waals surface area contributed by atoms with Crippen molar-refractivity contribution in [3.63, 3.8) is 0 Å². The molecule has 1 heterocycles. The molecule has 3 rings (SSSR count). The summed E-state index contributed by atoms with van der Waals surface area (Å²) in [6, 6.07) is 10.9. The maximum Gasteiger partial charge on any atom is 0.335 e. The number of aryl methyl sites for hydroxylation is 3. The highest BCUT2D eigenvalue weighted by atomic mass is 32.2. The quantitative estimate of drug-likeness (QED) is 0.327. The van der Waals surface area contributed by atoms with Gasteiger partial charge >= 0.3 is 5.97 Å². The molecule has 1 aromatic heterocycles. The molecular weight excluding hydrogens is 504 g/mol. The number of nitrogens with zero attached hydrogens (tertiary/aromatic N) is 2. The molecule has 1 unspecified atom stereocenters. The van der Waals surface area contributed by atoms with E-state index in [1.54, 1.807) is 0 Å². The minimum atomic E-state index is -4.18. The van der Waals surface area contributed by atoms with Gasteiger partial charge in [0.05, 0.1) is 23.3 Å². The van der Waals surface area contributed by atoms with E-state index in [9.17, 15) is 18.3 Å². The molecule has 3 aromatic rings. The summed E-state index contributed by atoms with van der Waals surface area (Å²) in [5.74, 6) is -0.904. The van der Waals surface area contributed by atoms with Crippen LogP contribution in [0.4, 0.5) is 5.95 Å². The first-order valence-electron chi connectivity index (χ1n) is 12.3. The van der Waals surface area contributed by atoms with Gasteiger partial charge in [0.15, 0.2) is 5.75 Å². The van der Waals surface area contributed by atoms with Crippen molar-refractivity contribution in [3.05, 3.63) is 64.8 Å². The smallest absolute Gasteiger partial charge is 0.335 e. The summed E-state index contributed by atoms with van der Waals surface area (Å²) >= 11 is 0. The second kappa shape index (κ2) is 11.5. The number of anilines is 1. The van der Waals surface area contributed by atoms with Crippen LogP contribution in [-0.4, -0.2) is 42.6 Å². The van der Waals surface area contributed by atoms with Gasteiger partial charge < -0.3 is 15.6 Å². The van der Waals surface area contributed by atoms with Crippen LogP contribution in [0.3, 0.4) is 0 Å². The van der Waals surface area contributed by atoms with Gasteiger partial charge in [-0.15, -0.1) is 0 Å². The SMILES string of the molecule is COc1c(CCC(N)CC(C)(C)C)nc(NS(=O)(=O)c2cccc(C(=O)O)c2)nc1-c1c(C)cccc1C. The van der Waals surface area contributed by atoms with Crippen LogP contribution in [0.5, 0.6) is 5.75 Å². The van der Waals surface area contributed by atoms with Gasteiger partial charge in [-0.25, -0.2) is 27.9 Å². The first-order valence-corrected chi connectivity index (χ1v) is 13.8. The van der Waals surface area contributed by atoms with Crippen molar-refractivity contribution in [2.75, 3.05) is 11.8 Å². The molecular formula is C28H36N4O5S. The van der Waals surface area contributed by atoms with E-state index in [0.717, 1.165) is 29.2 Å². The van der Waals surface area contributed by atoms with Crippen molar-refractivity contribution in [2.24, 2.45) is 11.1 Å². The monoisotopic (exact) mass is 540 g/mol. The van der Waals surface area contributed by atoms with E-state index >= 15 is 0 Å². The van der Waals surface area contributed by atoms with E-state index in [0.29, 0.717) is 30.0 Å². The summed E-state index contributed by atoms with van der Waals surface area (Å²) in [7, 11) is -2.65. The summed E-state index contributed by atoms with van der Waals surface area (Å²) in [4.78, 5) is 20.3. The van der Waals surface area contributed by atoms with Crippen LogP contribution in [0.25, 0.3) is 11.3 Å². The molecule has 0 aliphatic rings. The number of sulfonamides is 1. The summed E-state index contributed by atoms with van der Waals surface area (Å²) in [5.41, 5.74) is 10.0. The lowest BCUT2D eigenvalue weighted by molar-refractivity contribution is 0.0696. The number of nitrogens with one attached hydrogen (secondary N) is 1. The van der Waals surface area contributed by atoms with Gasteiger partial charge in [-0.2, -0.15) is 0 Å². The Balaban J connectivity index is 2.11. The molecule has 0 bridgehead atoms. The Kier molecular flexibility index (Phi) is 8.79. The Hall–Kier alpha value is -3.50. The van der Waals surface area contributed by atoms with Crippen LogP contribution in [-0.2, 0) is 16.4 Å². The predicted molar refractivity (Wildman–Crippen MR) is 148 cm³/mol. The van der Waals surface area contributed by atoms with Crippen molar-refractivity contribution < 1.29 is 23.1 Å². The number of aromatic carboxylic acids is 1. The summed E-state index contributed by atoms with van der Waals surface area (Å²) in [6.45, 7) is 10.3. The lowest BCUT2D eigenvalue weighted by atomic mass is 9.86.